The van der Waals surface area contributed by atoms with Gasteiger partial charge in [-0.25, -0.2) is 0 Å². The van der Waals surface area contributed by atoms with Crippen molar-refractivity contribution in [1.82, 2.24) is 15.2 Å². The van der Waals surface area contributed by atoms with Crippen LogP contribution in [0.2, 0.25) is 0 Å². The first-order chi connectivity index (χ1) is 18.4. The van der Waals surface area contributed by atoms with Crippen molar-refractivity contribution in [2.45, 2.75) is 85.2 Å². The van der Waals surface area contributed by atoms with Crippen molar-refractivity contribution in [3.05, 3.63) is 57.2 Å². The third-order valence-corrected chi connectivity index (χ3v) is 8.63. The van der Waals surface area contributed by atoms with Gasteiger partial charge in [-0.15, -0.1) is 0 Å². The number of aryl methyl sites for hydroxylation is 1. The third kappa shape index (κ3) is 6.89. The average molecular weight is 535 g/mol. The molecule has 0 bridgehead atoms. The summed E-state index contributed by atoms with van der Waals surface area (Å²) < 4.78 is 8.15. The second kappa shape index (κ2) is 13.5. The minimum atomic E-state index is -0.190. The van der Waals surface area contributed by atoms with Gasteiger partial charge in [-0.2, -0.15) is 0 Å². The van der Waals surface area contributed by atoms with E-state index >= 15 is 0 Å². The molecule has 8 heteroatoms. The van der Waals surface area contributed by atoms with Crippen molar-refractivity contribution >= 4 is 41.2 Å². The summed E-state index contributed by atoms with van der Waals surface area (Å²) in [4.78, 5) is 14.7. The second-order valence-corrected chi connectivity index (χ2v) is 11.7. The van der Waals surface area contributed by atoms with Gasteiger partial charge in [0.05, 0.1) is 0 Å². The van der Waals surface area contributed by atoms with Crippen molar-refractivity contribution in [2.24, 2.45) is 0 Å². The Morgan fingerprint density at radius 3 is 2.71 bits per heavy atom. The van der Waals surface area contributed by atoms with Crippen LogP contribution in [0, 0.1) is 0 Å². The Kier molecular flexibility index (Phi) is 10.1. The number of ether oxygens (including phenoxy) is 1. The Morgan fingerprint density at radius 1 is 1.21 bits per heavy atom. The number of fused-ring (bicyclic) bond motifs is 1. The molecule has 0 fully saturated rings. The van der Waals surface area contributed by atoms with Gasteiger partial charge in [0.2, 0.25) is 0 Å². The monoisotopic (exact) mass is 534 g/mol. The number of carbonyl (C=O) groups is 1. The third-order valence-electron chi connectivity index (χ3n) is 7.42. The molecule has 4 rings (SSSR count). The van der Waals surface area contributed by atoms with Crippen molar-refractivity contribution in [2.75, 3.05) is 25.0 Å². The fraction of sp³-hybridized carbons (Fsp3) is 0.533. The maximum atomic E-state index is 13.3. The number of nitrogens with one attached hydrogen (secondary N) is 3. The molecule has 1 aliphatic heterocycles. The second-order valence-electron chi connectivity index (χ2n) is 10.6. The van der Waals surface area contributed by atoms with Gasteiger partial charge in [0, 0.05) is 0 Å². The molecule has 0 aromatic carbocycles. The van der Waals surface area contributed by atoms with Crippen LogP contribution in [0.3, 0.4) is 0 Å². The fourth-order valence-electron chi connectivity index (χ4n) is 5.51. The average Bonchev–Trinajstić information content (AvgIpc) is 3.56. The van der Waals surface area contributed by atoms with Crippen LogP contribution in [-0.2, 0) is 17.6 Å². The van der Waals surface area contributed by atoms with E-state index < -0.39 is 0 Å². The van der Waals surface area contributed by atoms with Gasteiger partial charge in [0.15, 0.2) is 0 Å². The van der Waals surface area contributed by atoms with Gasteiger partial charge in [0.25, 0.3) is 0 Å². The Labute approximate surface area is 233 Å². The molecule has 1 aliphatic carbocycles. The van der Waals surface area contributed by atoms with Crippen molar-refractivity contribution in [3.63, 3.8) is 0 Å². The molecule has 0 atom stereocenters. The molecule has 204 valence electrons. The quantitative estimate of drug-likeness (QED) is 0.321. The van der Waals surface area contributed by atoms with Gasteiger partial charge in [-0.1, -0.05) is 13.3 Å². The number of anilines is 1. The Bertz CT molecular complexity index is 1190. The Hall–Kier alpha value is -2.58. The molecule has 0 radical (unpaired) electrons. The van der Waals surface area contributed by atoms with Crippen LogP contribution in [0.4, 0.5) is 9.80 Å². The van der Waals surface area contributed by atoms with Gasteiger partial charge >= 0.3 is 220 Å². The summed E-state index contributed by atoms with van der Waals surface area (Å²) in [6, 6.07) is 3.90. The molecule has 3 N–H and O–H groups in total. The number of aromatic nitrogens is 1. The predicted molar refractivity (Wildman–Crippen MR) is 163 cm³/mol. The SMILES string of the molecule is B=C(OC(C)C)c1c(NC(=O)NC/C(C2=C(CCCC)CNCC2)=C(/C)n2cccc2)sc2c1CCCC2. The van der Waals surface area contributed by atoms with Crippen LogP contribution in [-0.4, -0.2) is 49.5 Å². The number of nitrogens with zero attached hydrogens (tertiary/aromatic N) is 1. The number of unbranched alkanes of at least 4 members (excludes halogenated alkanes) is 1. The van der Waals surface area contributed by atoms with E-state index in [0.717, 1.165) is 61.5 Å². The van der Waals surface area contributed by atoms with Crippen molar-refractivity contribution < 1.29 is 9.53 Å². The van der Waals surface area contributed by atoms with Crippen LogP contribution in [0.5, 0.6) is 0 Å². The topological polar surface area (TPSA) is 67.3 Å². The van der Waals surface area contributed by atoms with Gasteiger partial charge in [-0.05, 0) is 0 Å². The summed E-state index contributed by atoms with van der Waals surface area (Å²) in [5.41, 5.74) is 8.17. The van der Waals surface area contributed by atoms with Gasteiger partial charge < -0.3 is 0 Å². The van der Waals surface area contributed by atoms with Crippen LogP contribution in [0.15, 0.2) is 41.2 Å². The van der Waals surface area contributed by atoms with Crippen molar-refractivity contribution in [3.8, 4) is 0 Å². The Morgan fingerprint density at radius 2 is 1.97 bits per heavy atom. The molecule has 2 aromatic rings. The molecule has 0 saturated carbocycles. The molecule has 2 aromatic heterocycles. The number of hydrogen-bond acceptors (Lipinski definition) is 4. The van der Waals surface area contributed by atoms with Gasteiger partial charge in [-0.3, -0.25) is 0 Å². The number of rotatable bonds is 11. The maximum absolute atomic E-state index is 13.3. The molecule has 0 saturated heterocycles. The normalized spacial score (nSPS) is 16.2. The van der Waals surface area contributed by atoms with E-state index in [1.807, 2.05) is 26.0 Å². The zero-order valence-corrected chi connectivity index (χ0v) is 24.4. The summed E-state index contributed by atoms with van der Waals surface area (Å²) in [6.45, 7) is 10.8. The summed E-state index contributed by atoms with van der Waals surface area (Å²) in [7, 11) is 4.22. The number of urea groups is 1. The van der Waals surface area contributed by atoms with Crippen LogP contribution in [0.1, 0.15) is 82.2 Å². The summed E-state index contributed by atoms with van der Waals surface area (Å²) in [6.07, 6.45) is 13.0. The number of allylic oxidation sites excluding steroid dienone is 1. The van der Waals surface area contributed by atoms with E-state index in [1.54, 1.807) is 11.3 Å². The summed E-state index contributed by atoms with van der Waals surface area (Å²) in [5.74, 6) is 0. The molecule has 6 nitrogen and oxygen atoms in total. The number of carbonyl (C=O) groups excluding carboxylic acids is 1. The first-order valence-corrected chi connectivity index (χ1v) is 15.0. The number of hydrogen-bond donors (Lipinski definition) is 3. The number of amides is 2. The van der Waals surface area contributed by atoms with Crippen molar-refractivity contribution in [1.29, 1.82) is 0 Å². The summed E-state index contributed by atoms with van der Waals surface area (Å²) >= 11 is 1.68. The van der Waals surface area contributed by atoms with Gasteiger partial charge in [0.1, 0.15) is 0 Å². The van der Waals surface area contributed by atoms with E-state index in [4.69, 9.17) is 4.74 Å². The molecule has 2 amide bonds. The van der Waals surface area contributed by atoms with E-state index in [2.05, 4.69) is 54.2 Å². The molecule has 38 heavy (non-hydrogen) atoms. The molecule has 3 heterocycles. The fourth-order valence-corrected chi connectivity index (χ4v) is 6.81. The Balaban J connectivity index is 1.57. The molecule has 2 aliphatic rings. The standard InChI is InChI=1S/C30H43BN4O2S/c1-5-6-11-22-18-32-15-14-23(22)25(21(4)35-16-9-10-17-35)19-33-30(36)34-29-27(28(31)37-20(2)3)24-12-7-8-13-26(24)38-29/h9-10,16-17,20,31-32H,5-8,11-15,18-19H2,1-4H3,(H2,33,34,36)/b25-21+. The minimum absolute atomic E-state index is 0.0350. The number of thiophene rings is 1. The van der Waals surface area contributed by atoms with Crippen LogP contribution >= 0.6 is 11.3 Å². The molecule has 0 unspecified atom stereocenters. The van der Waals surface area contributed by atoms with Crippen LogP contribution in [0.25, 0.3) is 5.70 Å². The predicted octanol–water partition coefficient (Wildman–Crippen LogP) is 5.77. The molecule has 0 spiro atoms. The first kappa shape index (κ1) is 28.4. The molecular formula is C30H43BN4O2S. The van der Waals surface area contributed by atoms with Crippen LogP contribution < -0.4 is 16.0 Å². The van der Waals surface area contributed by atoms with E-state index in [9.17, 15) is 4.79 Å². The van der Waals surface area contributed by atoms with E-state index in [1.165, 1.54) is 46.4 Å². The zero-order valence-electron chi connectivity index (χ0n) is 23.5. The van der Waals surface area contributed by atoms with E-state index in [-0.39, 0.29) is 12.1 Å². The molecular weight excluding hydrogens is 491 g/mol. The summed E-state index contributed by atoms with van der Waals surface area (Å²) in [5, 5.41) is 10.8. The van der Waals surface area contributed by atoms with E-state index in [0.29, 0.717) is 12.2 Å². The first-order valence-electron chi connectivity index (χ1n) is 14.2. The zero-order chi connectivity index (χ0) is 27.1.